The van der Waals surface area contributed by atoms with Gasteiger partial charge in [-0.25, -0.2) is 0 Å². The van der Waals surface area contributed by atoms with E-state index >= 15 is 0 Å². The van der Waals surface area contributed by atoms with Gasteiger partial charge in [-0.3, -0.25) is 4.79 Å². The van der Waals surface area contributed by atoms with E-state index in [0.29, 0.717) is 12.1 Å². The Kier molecular flexibility index (Phi) is 5.98. The van der Waals surface area contributed by atoms with Gasteiger partial charge in [-0.05, 0) is 49.2 Å². The summed E-state index contributed by atoms with van der Waals surface area (Å²) in [7, 11) is 0. The number of halogens is 1. The molecule has 0 bridgehead atoms. The molecular weight excluding hydrogens is 386 g/mol. The quantitative estimate of drug-likeness (QED) is 0.794. The van der Waals surface area contributed by atoms with Crippen LogP contribution in [0.4, 0.5) is 0 Å². The Labute approximate surface area is 155 Å². The zero-order valence-electron chi connectivity index (χ0n) is 13.3. The second-order valence-corrected chi connectivity index (χ2v) is 8.36. The van der Waals surface area contributed by atoms with E-state index in [9.17, 15) is 4.79 Å². The van der Waals surface area contributed by atoms with Gasteiger partial charge in [-0.1, -0.05) is 34.1 Å². The van der Waals surface area contributed by atoms with Gasteiger partial charge >= 0.3 is 0 Å². The summed E-state index contributed by atoms with van der Waals surface area (Å²) in [6.07, 6.45) is 1.88. The molecule has 1 aliphatic heterocycles. The Hall–Kier alpha value is -1.30. The molecule has 0 aromatic heterocycles. The molecule has 1 fully saturated rings. The van der Waals surface area contributed by atoms with Crippen molar-refractivity contribution in [2.24, 2.45) is 0 Å². The molecule has 0 saturated carbocycles. The second kappa shape index (κ2) is 8.19. The van der Waals surface area contributed by atoms with Crippen LogP contribution in [0, 0.1) is 0 Å². The minimum absolute atomic E-state index is 0.00930. The van der Waals surface area contributed by atoms with Crippen molar-refractivity contribution in [1.82, 2.24) is 5.32 Å². The summed E-state index contributed by atoms with van der Waals surface area (Å²) in [5.41, 5.74) is 0.685. The molecule has 0 radical (unpaired) electrons. The highest BCUT2D eigenvalue weighted by Crippen LogP contribution is 2.40. The molecule has 24 heavy (non-hydrogen) atoms. The van der Waals surface area contributed by atoms with E-state index < -0.39 is 0 Å². The monoisotopic (exact) mass is 405 g/mol. The van der Waals surface area contributed by atoms with Crippen molar-refractivity contribution in [3.05, 3.63) is 64.6 Å². The number of rotatable bonds is 5. The van der Waals surface area contributed by atoms with E-state index in [2.05, 4.69) is 45.5 Å². The van der Waals surface area contributed by atoms with E-state index in [1.54, 1.807) is 0 Å². The third-order valence-corrected chi connectivity index (χ3v) is 6.18. The van der Waals surface area contributed by atoms with Crippen molar-refractivity contribution >= 4 is 33.6 Å². The Morgan fingerprint density at radius 2 is 1.75 bits per heavy atom. The average molecular weight is 406 g/mol. The average Bonchev–Trinajstić information content (AvgIpc) is 2.62. The van der Waals surface area contributed by atoms with Gasteiger partial charge in [0.2, 0.25) is 0 Å². The molecule has 2 aromatic rings. The number of carbonyl (C=O) groups is 1. The minimum atomic E-state index is -0.0259. The fourth-order valence-electron chi connectivity index (χ4n) is 2.74. The first-order valence-corrected chi connectivity index (χ1v) is 9.63. The van der Waals surface area contributed by atoms with Crippen LogP contribution in [-0.2, 0) is 4.74 Å². The maximum atomic E-state index is 12.4. The van der Waals surface area contributed by atoms with Gasteiger partial charge in [0, 0.05) is 39.4 Å². The van der Waals surface area contributed by atoms with Crippen LogP contribution in [0.25, 0.3) is 0 Å². The number of thioether (sulfide) groups is 1. The van der Waals surface area contributed by atoms with Crippen LogP contribution < -0.4 is 5.32 Å². The summed E-state index contributed by atoms with van der Waals surface area (Å²) in [6, 6.07) is 17.8. The summed E-state index contributed by atoms with van der Waals surface area (Å²) in [6.45, 7) is 2.13. The van der Waals surface area contributed by atoms with Gasteiger partial charge in [0.25, 0.3) is 5.91 Å². The number of hydrogen-bond donors (Lipinski definition) is 1. The van der Waals surface area contributed by atoms with Gasteiger partial charge < -0.3 is 10.1 Å². The molecule has 0 unspecified atom stereocenters. The van der Waals surface area contributed by atoms with Crippen molar-refractivity contribution in [3.8, 4) is 0 Å². The smallest absolute Gasteiger partial charge is 0.251 e. The molecule has 1 amide bonds. The Bertz CT molecular complexity index is 670. The Morgan fingerprint density at radius 1 is 1.08 bits per heavy atom. The molecule has 1 aliphatic rings. The van der Waals surface area contributed by atoms with Crippen molar-refractivity contribution in [2.75, 3.05) is 19.8 Å². The first-order chi connectivity index (χ1) is 11.7. The van der Waals surface area contributed by atoms with Gasteiger partial charge in [0.15, 0.2) is 0 Å². The van der Waals surface area contributed by atoms with E-state index in [-0.39, 0.29) is 10.7 Å². The van der Waals surface area contributed by atoms with E-state index in [4.69, 9.17) is 4.74 Å². The molecule has 1 heterocycles. The van der Waals surface area contributed by atoms with Crippen molar-refractivity contribution in [2.45, 2.75) is 22.5 Å². The minimum Gasteiger partial charge on any atom is -0.381 e. The lowest BCUT2D eigenvalue weighted by atomic mass is 9.99. The molecule has 2 aromatic carbocycles. The van der Waals surface area contributed by atoms with Crippen LogP contribution >= 0.6 is 27.7 Å². The number of nitrogens with one attached hydrogen (secondary N) is 1. The van der Waals surface area contributed by atoms with Crippen LogP contribution in [0.5, 0.6) is 0 Å². The largest absolute Gasteiger partial charge is 0.381 e. The highest BCUT2D eigenvalue weighted by molar-refractivity contribution is 9.10. The van der Waals surface area contributed by atoms with Crippen molar-refractivity contribution in [3.63, 3.8) is 0 Å². The topological polar surface area (TPSA) is 38.3 Å². The summed E-state index contributed by atoms with van der Waals surface area (Å²) in [5, 5.41) is 3.12. The van der Waals surface area contributed by atoms with E-state index in [0.717, 1.165) is 30.5 Å². The van der Waals surface area contributed by atoms with Crippen molar-refractivity contribution < 1.29 is 9.53 Å². The first kappa shape index (κ1) is 17.5. The molecule has 1 N–H and O–H groups in total. The second-order valence-electron chi connectivity index (χ2n) is 5.90. The zero-order valence-corrected chi connectivity index (χ0v) is 15.7. The molecule has 0 atom stereocenters. The molecule has 5 heteroatoms. The third-order valence-electron chi connectivity index (χ3n) is 4.16. The summed E-state index contributed by atoms with van der Waals surface area (Å²) >= 11 is 5.24. The van der Waals surface area contributed by atoms with Crippen LogP contribution in [0.3, 0.4) is 0 Å². The molecule has 0 spiro atoms. The number of carbonyl (C=O) groups excluding carboxylic acids is 1. The van der Waals surface area contributed by atoms with Gasteiger partial charge in [-0.15, -0.1) is 11.8 Å². The van der Waals surface area contributed by atoms with E-state index in [1.807, 2.05) is 42.1 Å². The standard InChI is InChI=1S/C19H20BrNO2S/c20-16-8-6-15(7-9-16)18(22)21-14-19(10-12-23-13-11-19)24-17-4-2-1-3-5-17/h1-9H,10-14H2,(H,21,22). The molecule has 1 saturated heterocycles. The SMILES string of the molecule is O=C(NCC1(Sc2ccccc2)CCOCC1)c1ccc(Br)cc1. The van der Waals surface area contributed by atoms with Gasteiger partial charge in [-0.2, -0.15) is 0 Å². The number of benzene rings is 2. The lowest BCUT2D eigenvalue weighted by Gasteiger charge is -2.36. The van der Waals surface area contributed by atoms with Crippen LogP contribution in [0.15, 0.2) is 64.0 Å². The van der Waals surface area contributed by atoms with Crippen LogP contribution in [0.1, 0.15) is 23.2 Å². The predicted octanol–water partition coefficient (Wildman–Crippen LogP) is 4.52. The Morgan fingerprint density at radius 3 is 2.42 bits per heavy atom. The summed E-state index contributed by atoms with van der Waals surface area (Å²) in [5.74, 6) is -0.0259. The maximum absolute atomic E-state index is 12.4. The number of hydrogen-bond acceptors (Lipinski definition) is 3. The molecular formula is C19H20BrNO2S. The fourth-order valence-corrected chi connectivity index (χ4v) is 4.31. The lowest BCUT2D eigenvalue weighted by Crippen LogP contribution is -2.44. The zero-order chi connectivity index (χ0) is 16.8. The van der Waals surface area contributed by atoms with Gasteiger partial charge in [0.1, 0.15) is 0 Å². The summed E-state index contributed by atoms with van der Waals surface area (Å²) in [4.78, 5) is 13.7. The normalized spacial score (nSPS) is 16.5. The Balaban J connectivity index is 1.68. The molecule has 126 valence electrons. The molecule has 0 aliphatic carbocycles. The number of amides is 1. The third kappa shape index (κ3) is 4.62. The number of ether oxygens (including phenoxy) is 1. The lowest BCUT2D eigenvalue weighted by molar-refractivity contribution is 0.0741. The maximum Gasteiger partial charge on any atom is 0.251 e. The summed E-state index contributed by atoms with van der Waals surface area (Å²) < 4.78 is 6.50. The molecule has 3 rings (SSSR count). The first-order valence-electron chi connectivity index (χ1n) is 8.02. The van der Waals surface area contributed by atoms with Gasteiger partial charge in [0.05, 0.1) is 0 Å². The predicted molar refractivity (Wildman–Crippen MR) is 102 cm³/mol. The van der Waals surface area contributed by atoms with Crippen LogP contribution in [-0.4, -0.2) is 30.4 Å². The van der Waals surface area contributed by atoms with Crippen molar-refractivity contribution in [1.29, 1.82) is 0 Å². The molecule has 3 nitrogen and oxygen atoms in total. The van der Waals surface area contributed by atoms with E-state index in [1.165, 1.54) is 4.90 Å². The highest BCUT2D eigenvalue weighted by Gasteiger charge is 2.34. The van der Waals surface area contributed by atoms with Crippen LogP contribution in [0.2, 0.25) is 0 Å². The fraction of sp³-hybridized carbons (Fsp3) is 0.316. The highest BCUT2D eigenvalue weighted by atomic mass is 79.9.